The van der Waals surface area contributed by atoms with Gasteiger partial charge in [-0.3, -0.25) is 0 Å². The van der Waals surface area contributed by atoms with Crippen LogP contribution < -0.4 is 0 Å². The number of hydrogen-bond donors (Lipinski definition) is 0. The minimum atomic E-state index is -3.13. The molecule has 6 heteroatoms. The first kappa shape index (κ1) is 15.2. The van der Waals surface area contributed by atoms with E-state index in [-0.39, 0.29) is 11.9 Å². The molecule has 1 heterocycles. The number of ether oxygens (including phenoxy) is 1. The molecular formula is C11H22ClNO3S. The number of alkyl halides is 1. The number of rotatable bonds is 7. The van der Waals surface area contributed by atoms with Gasteiger partial charge >= 0.3 is 0 Å². The molecule has 1 aliphatic heterocycles. The predicted octanol–water partition coefficient (Wildman–Crippen LogP) is 1.84. The number of halogens is 1. The van der Waals surface area contributed by atoms with E-state index in [9.17, 15) is 8.42 Å². The fourth-order valence-electron chi connectivity index (χ4n) is 1.94. The molecule has 1 aliphatic rings. The van der Waals surface area contributed by atoms with Crippen LogP contribution in [-0.2, 0) is 14.8 Å². The molecule has 0 amide bonds. The van der Waals surface area contributed by atoms with E-state index in [1.807, 2.05) is 0 Å². The van der Waals surface area contributed by atoms with Gasteiger partial charge in [-0.15, -0.1) is 11.6 Å². The summed E-state index contributed by atoms with van der Waals surface area (Å²) in [5, 5.41) is 0. The van der Waals surface area contributed by atoms with E-state index >= 15 is 0 Å². The molecule has 0 N–H and O–H groups in total. The van der Waals surface area contributed by atoms with Gasteiger partial charge in [0.15, 0.2) is 0 Å². The maximum absolute atomic E-state index is 12.0. The van der Waals surface area contributed by atoms with Crippen molar-refractivity contribution in [2.45, 2.75) is 38.7 Å². The van der Waals surface area contributed by atoms with Crippen molar-refractivity contribution >= 4 is 21.6 Å². The Hall–Kier alpha value is 0.160. The lowest BCUT2D eigenvalue weighted by Gasteiger charge is -2.31. The van der Waals surface area contributed by atoms with Gasteiger partial charge in [-0.25, -0.2) is 8.42 Å². The minimum Gasteiger partial charge on any atom is -0.377 e. The first-order chi connectivity index (χ1) is 8.10. The molecule has 1 atom stereocenters. The Kier molecular flexibility index (Phi) is 6.77. The second-order valence-electron chi connectivity index (χ2n) is 4.35. The van der Waals surface area contributed by atoms with E-state index in [0.717, 1.165) is 19.3 Å². The summed E-state index contributed by atoms with van der Waals surface area (Å²) >= 11 is 5.54. The average Bonchev–Trinajstić information content (AvgIpc) is 2.34. The third-order valence-corrected chi connectivity index (χ3v) is 5.02. The van der Waals surface area contributed by atoms with E-state index in [2.05, 4.69) is 6.92 Å². The summed E-state index contributed by atoms with van der Waals surface area (Å²) in [5.41, 5.74) is 0. The predicted molar refractivity (Wildman–Crippen MR) is 70.0 cm³/mol. The number of piperidine rings is 1. The van der Waals surface area contributed by atoms with E-state index < -0.39 is 10.0 Å². The Labute approximate surface area is 109 Å². The van der Waals surface area contributed by atoms with Gasteiger partial charge in [-0.05, 0) is 25.7 Å². The third-order valence-electron chi connectivity index (χ3n) is 2.83. The zero-order valence-corrected chi connectivity index (χ0v) is 12.0. The SMILES string of the molecule is CCCOC1CCCN(S(=O)(=O)CCCCl)C1. The molecule has 0 saturated carbocycles. The van der Waals surface area contributed by atoms with Crippen molar-refractivity contribution in [3.63, 3.8) is 0 Å². The van der Waals surface area contributed by atoms with Crippen LogP contribution in [0.3, 0.4) is 0 Å². The molecule has 0 aromatic rings. The highest BCUT2D eigenvalue weighted by atomic mass is 35.5. The molecule has 0 aliphatic carbocycles. The third kappa shape index (κ3) is 5.12. The van der Waals surface area contributed by atoms with Crippen LogP contribution in [-0.4, -0.2) is 50.2 Å². The summed E-state index contributed by atoms with van der Waals surface area (Å²) in [6.45, 7) is 3.89. The lowest BCUT2D eigenvalue weighted by atomic mass is 10.1. The highest BCUT2D eigenvalue weighted by molar-refractivity contribution is 7.89. The second kappa shape index (κ2) is 7.56. The molecular weight excluding hydrogens is 262 g/mol. The zero-order chi connectivity index (χ0) is 12.7. The van der Waals surface area contributed by atoms with Crippen molar-refractivity contribution in [2.24, 2.45) is 0 Å². The average molecular weight is 284 g/mol. The highest BCUT2D eigenvalue weighted by Gasteiger charge is 2.28. The lowest BCUT2D eigenvalue weighted by Crippen LogP contribution is -2.44. The number of nitrogens with zero attached hydrogens (tertiary/aromatic N) is 1. The molecule has 1 unspecified atom stereocenters. The van der Waals surface area contributed by atoms with Gasteiger partial charge in [-0.2, -0.15) is 4.31 Å². The maximum atomic E-state index is 12.0. The van der Waals surface area contributed by atoms with E-state index in [1.54, 1.807) is 4.31 Å². The van der Waals surface area contributed by atoms with Crippen LogP contribution in [0.2, 0.25) is 0 Å². The fourth-order valence-corrected chi connectivity index (χ4v) is 3.80. The van der Waals surface area contributed by atoms with Crippen LogP contribution in [0.4, 0.5) is 0 Å². The molecule has 1 fully saturated rings. The molecule has 0 aromatic carbocycles. The van der Waals surface area contributed by atoms with Crippen LogP contribution in [0.1, 0.15) is 32.6 Å². The fraction of sp³-hybridized carbons (Fsp3) is 1.00. The van der Waals surface area contributed by atoms with Crippen LogP contribution >= 0.6 is 11.6 Å². The molecule has 1 saturated heterocycles. The maximum Gasteiger partial charge on any atom is 0.214 e. The van der Waals surface area contributed by atoms with Gasteiger partial charge < -0.3 is 4.74 Å². The second-order valence-corrected chi connectivity index (χ2v) is 6.82. The first-order valence-corrected chi connectivity index (χ1v) is 8.40. The molecule has 0 radical (unpaired) electrons. The van der Waals surface area contributed by atoms with Crippen molar-refractivity contribution in [2.75, 3.05) is 31.3 Å². The molecule has 0 spiro atoms. The van der Waals surface area contributed by atoms with Gasteiger partial charge in [0.25, 0.3) is 0 Å². The van der Waals surface area contributed by atoms with Gasteiger partial charge in [-0.1, -0.05) is 6.92 Å². The summed E-state index contributed by atoms with van der Waals surface area (Å²) in [6.07, 6.45) is 3.39. The van der Waals surface area contributed by atoms with E-state index in [4.69, 9.17) is 16.3 Å². The Morgan fingerprint density at radius 3 is 2.88 bits per heavy atom. The Bertz CT molecular complexity index is 308. The molecule has 0 aromatic heterocycles. The van der Waals surface area contributed by atoms with Crippen molar-refractivity contribution < 1.29 is 13.2 Å². The summed E-state index contributed by atoms with van der Waals surface area (Å²) in [5.74, 6) is 0.541. The minimum absolute atomic E-state index is 0.0643. The summed E-state index contributed by atoms with van der Waals surface area (Å²) in [4.78, 5) is 0. The van der Waals surface area contributed by atoms with Gasteiger partial charge in [0.1, 0.15) is 0 Å². The molecule has 1 rings (SSSR count). The standard InChI is InChI=1S/C11H22ClNO3S/c1-2-8-16-11-5-3-7-13(10-11)17(14,15)9-4-6-12/h11H,2-10H2,1H3. The lowest BCUT2D eigenvalue weighted by molar-refractivity contribution is 0.0193. The summed E-state index contributed by atoms with van der Waals surface area (Å²) in [7, 11) is -3.13. The van der Waals surface area contributed by atoms with Gasteiger partial charge in [0, 0.05) is 25.6 Å². The van der Waals surface area contributed by atoms with Crippen LogP contribution in [0.5, 0.6) is 0 Å². The molecule has 0 bridgehead atoms. The van der Waals surface area contributed by atoms with Gasteiger partial charge in [0.2, 0.25) is 10.0 Å². The Morgan fingerprint density at radius 1 is 1.47 bits per heavy atom. The van der Waals surface area contributed by atoms with Crippen molar-refractivity contribution in [3.05, 3.63) is 0 Å². The normalized spacial score (nSPS) is 22.8. The van der Waals surface area contributed by atoms with E-state index in [0.29, 0.717) is 32.0 Å². The molecule has 102 valence electrons. The first-order valence-electron chi connectivity index (χ1n) is 6.25. The van der Waals surface area contributed by atoms with Gasteiger partial charge in [0.05, 0.1) is 11.9 Å². The number of hydrogen-bond acceptors (Lipinski definition) is 3. The van der Waals surface area contributed by atoms with Crippen molar-refractivity contribution in [1.82, 2.24) is 4.31 Å². The zero-order valence-electron chi connectivity index (χ0n) is 10.4. The Balaban J connectivity index is 2.47. The summed E-state index contributed by atoms with van der Waals surface area (Å²) < 4.78 is 31.1. The quantitative estimate of drug-likeness (QED) is 0.670. The largest absolute Gasteiger partial charge is 0.377 e. The number of sulfonamides is 1. The smallest absolute Gasteiger partial charge is 0.214 e. The molecule has 17 heavy (non-hydrogen) atoms. The van der Waals surface area contributed by atoms with Crippen LogP contribution in [0.25, 0.3) is 0 Å². The van der Waals surface area contributed by atoms with Crippen molar-refractivity contribution in [3.8, 4) is 0 Å². The van der Waals surface area contributed by atoms with Crippen molar-refractivity contribution in [1.29, 1.82) is 0 Å². The molecule has 4 nitrogen and oxygen atoms in total. The summed E-state index contributed by atoms with van der Waals surface area (Å²) in [6, 6.07) is 0. The van der Waals surface area contributed by atoms with Crippen LogP contribution in [0, 0.1) is 0 Å². The van der Waals surface area contributed by atoms with E-state index in [1.165, 1.54) is 0 Å². The highest BCUT2D eigenvalue weighted by Crippen LogP contribution is 2.17. The van der Waals surface area contributed by atoms with Crippen LogP contribution in [0.15, 0.2) is 0 Å². The topological polar surface area (TPSA) is 46.6 Å². The Morgan fingerprint density at radius 2 is 2.24 bits per heavy atom. The monoisotopic (exact) mass is 283 g/mol.